The van der Waals surface area contributed by atoms with Gasteiger partial charge in [0.05, 0.1) is 17.6 Å². The second-order valence-corrected chi connectivity index (χ2v) is 9.19. The molecule has 0 fully saturated rings. The minimum absolute atomic E-state index is 0.00496. The molecule has 0 saturated heterocycles. The maximum absolute atomic E-state index is 13.7. The van der Waals surface area contributed by atoms with E-state index in [1.54, 1.807) is 6.92 Å². The molecule has 0 bridgehead atoms. The van der Waals surface area contributed by atoms with E-state index in [0.29, 0.717) is 29.2 Å². The zero-order valence-corrected chi connectivity index (χ0v) is 20.5. The summed E-state index contributed by atoms with van der Waals surface area (Å²) in [6, 6.07) is 12.5. The lowest BCUT2D eigenvalue weighted by molar-refractivity contribution is -0.385. The van der Waals surface area contributed by atoms with Gasteiger partial charge in [0.2, 0.25) is 6.79 Å². The first-order valence-corrected chi connectivity index (χ1v) is 12.0. The van der Waals surface area contributed by atoms with Gasteiger partial charge in [-0.2, -0.15) is 0 Å². The third-order valence-corrected chi connectivity index (χ3v) is 7.00. The van der Waals surface area contributed by atoms with E-state index in [0.717, 1.165) is 5.56 Å². The number of esters is 1. The zero-order chi connectivity index (χ0) is 26.1. The molecule has 2 aliphatic heterocycles. The van der Waals surface area contributed by atoms with Crippen LogP contribution in [0.2, 0.25) is 0 Å². The number of nitrogens with zero attached hydrogens (tertiary/aromatic N) is 2. The number of Topliss-reactive ketones (excluding diaryl/α,β-unsaturated/α-hetero) is 1. The van der Waals surface area contributed by atoms with E-state index >= 15 is 0 Å². The molecule has 1 unspecified atom stereocenters. The summed E-state index contributed by atoms with van der Waals surface area (Å²) >= 11 is 0. The lowest BCUT2D eigenvalue weighted by atomic mass is 9.69. The average Bonchev–Trinajstić information content (AvgIpc) is 3.35. The molecule has 2 aromatic carbocycles. The van der Waals surface area contributed by atoms with E-state index in [2.05, 4.69) is 0 Å². The molecule has 10 nitrogen and oxygen atoms in total. The smallest absolute Gasteiger partial charge is 0.315 e. The molecule has 3 aliphatic rings. The molecule has 0 saturated carbocycles. The van der Waals surface area contributed by atoms with Crippen LogP contribution in [-0.2, 0) is 19.1 Å². The second kappa shape index (κ2) is 10.1. The molecule has 1 aliphatic carbocycles. The number of nitro benzene ring substituents is 1. The fourth-order valence-corrected chi connectivity index (χ4v) is 5.33. The van der Waals surface area contributed by atoms with Gasteiger partial charge >= 0.3 is 5.97 Å². The summed E-state index contributed by atoms with van der Waals surface area (Å²) in [4.78, 5) is 43.4. The molecule has 0 amide bonds. The Labute approximate surface area is 213 Å². The maximum Gasteiger partial charge on any atom is 0.315 e. The molecule has 10 heteroatoms. The topological polar surface area (TPSA) is 127 Å². The Hall–Kier alpha value is -4.05. The van der Waals surface area contributed by atoms with Crippen molar-refractivity contribution in [3.8, 4) is 11.5 Å². The van der Waals surface area contributed by atoms with E-state index in [9.17, 15) is 19.7 Å². The van der Waals surface area contributed by atoms with E-state index in [1.807, 2.05) is 30.3 Å². The predicted octanol–water partition coefficient (Wildman–Crippen LogP) is 4.09. The largest absolute Gasteiger partial charge is 0.463 e. The van der Waals surface area contributed by atoms with Crippen LogP contribution in [0, 0.1) is 16.0 Å². The number of benzene rings is 2. The number of ketones is 1. The molecule has 37 heavy (non-hydrogen) atoms. The lowest BCUT2D eigenvalue weighted by Crippen LogP contribution is -2.38. The van der Waals surface area contributed by atoms with Crippen LogP contribution in [0.4, 0.5) is 5.69 Å². The van der Waals surface area contributed by atoms with Gasteiger partial charge in [-0.25, -0.2) is 0 Å². The van der Waals surface area contributed by atoms with Crippen molar-refractivity contribution < 1.29 is 33.5 Å². The summed E-state index contributed by atoms with van der Waals surface area (Å²) in [5, 5.41) is 12.2. The number of allylic oxidation sites excluding steroid dienone is 2. The Kier molecular flexibility index (Phi) is 6.75. The van der Waals surface area contributed by atoms with Crippen LogP contribution < -0.4 is 9.47 Å². The minimum Gasteiger partial charge on any atom is -0.463 e. The van der Waals surface area contributed by atoms with Crippen molar-refractivity contribution in [2.24, 2.45) is 10.9 Å². The number of rotatable bonds is 7. The Morgan fingerprint density at radius 1 is 1.14 bits per heavy atom. The SMILES string of the molecule is COCCOC(=O)C1C(C)=NC2=C(C(=O)C[C@@H](c3ccccc3)C2)[C@@H]1c1cc2c(cc1[N+](=O)[O-])OCO2. The number of aliphatic imine (C=N–C) groups is 1. The number of fused-ring (bicyclic) bond motifs is 1. The van der Waals surface area contributed by atoms with Crippen LogP contribution in [0.3, 0.4) is 0 Å². The first kappa shape index (κ1) is 24.6. The fourth-order valence-electron chi connectivity index (χ4n) is 5.33. The quantitative estimate of drug-likeness (QED) is 0.238. The first-order valence-electron chi connectivity index (χ1n) is 12.0. The number of hydrogen-bond donors (Lipinski definition) is 0. The molecule has 192 valence electrons. The highest BCUT2D eigenvalue weighted by Gasteiger charge is 2.47. The molecule has 2 aromatic rings. The Balaban J connectivity index is 1.64. The molecule has 0 aromatic heterocycles. The molecular weight excluding hydrogens is 480 g/mol. The summed E-state index contributed by atoms with van der Waals surface area (Å²) in [5.41, 5.74) is 2.23. The summed E-state index contributed by atoms with van der Waals surface area (Å²) in [5.74, 6) is -2.32. The number of carbonyl (C=O) groups is 2. The molecule has 3 atom stereocenters. The highest BCUT2D eigenvalue weighted by molar-refractivity contribution is 6.09. The highest BCUT2D eigenvalue weighted by atomic mass is 16.7. The number of nitro groups is 1. The van der Waals surface area contributed by atoms with Gasteiger partial charge in [0, 0.05) is 42.0 Å². The van der Waals surface area contributed by atoms with Gasteiger partial charge in [-0.1, -0.05) is 30.3 Å². The zero-order valence-electron chi connectivity index (χ0n) is 20.5. The fraction of sp³-hybridized carbons (Fsp3) is 0.370. The van der Waals surface area contributed by atoms with Gasteiger partial charge in [0.25, 0.3) is 5.69 Å². The van der Waals surface area contributed by atoms with Crippen LogP contribution in [0.15, 0.2) is 58.7 Å². The summed E-state index contributed by atoms with van der Waals surface area (Å²) in [6.45, 7) is 1.81. The monoisotopic (exact) mass is 506 g/mol. The third kappa shape index (κ3) is 4.60. The van der Waals surface area contributed by atoms with Crippen LogP contribution in [0.25, 0.3) is 0 Å². The number of hydrogen-bond acceptors (Lipinski definition) is 9. The van der Waals surface area contributed by atoms with Gasteiger partial charge in [0.15, 0.2) is 17.3 Å². The third-order valence-electron chi connectivity index (χ3n) is 7.00. The van der Waals surface area contributed by atoms with Crippen molar-refractivity contribution >= 4 is 23.2 Å². The standard InChI is InChI=1S/C27H26N2O8/c1-15-24(27(31)35-9-8-34-2)25(18-12-22-23(37-14-36-22)13-20(18)29(32)33)26-19(28-15)10-17(11-21(26)30)16-6-4-3-5-7-16/h3-7,12-13,17,24-25H,8-11,14H2,1-2H3/t17-,24?,25+/m0/s1. The van der Waals surface area contributed by atoms with Gasteiger partial charge in [-0.15, -0.1) is 0 Å². The molecule has 5 rings (SSSR count). The van der Waals surface area contributed by atoms with Crippen LogP contribution in [0.1, 0.15) is 42.7 Å². The summed E-state index contributed by atoms with van der Waals surface area (Å²) in [6.07, 6.45) is 0.681. The van der Waals surface area contributed by atoms with Crippen molar-refractivity contribution in [3.63, 3.8) is 0 Å². The van der Waals surface area contributed by atoms with Crippen LogP contribution in [-0.4, -0.2) is 49.5 Å². The van der Waals surface area contributed by atoms with Crippen molar-refractivity contribution in [1.29, 1.82) is 0 Å². The summed E-state index contributed by atoms with van der Waals surface area (Å²) in [7, 11) is 1.49. The normalized spacial score (nSPS) is 22.4. The molecular formula is C27H26N2O8. The van der Waals surface area contributed by atoms with E-state index in [4.69, 9.17) is 23.9 Å². The van der Waals surface area contributed by atoms with Crippen molar-refractivity contribution in [2.75, 3.05) is 27.1 Å². The van der Waals surface area contributed by atoms with Crippen LogP contribution in [0.5, 0.6) is 11.5 Å². The van der Waals surface area contributed by atoms with Gasteiger partial charge in [-0.3, -0.25) is 24.7 Å². The molecule has 0 radical (unpaired) electrons. The highest BCUT2D eigenvalue weighted by Crippen LogP contribution is 2.51. The van der Waals surface area contributed by atoms with Gasteiger partial charge in [0.1, 0.15) is 12.5 Å². The minimum atomic E-state index is -1.02. The Morgan fingerprint density at radius 3 is 2.57 bits per heavy atom. The number of ether oxygens (including phenoxy) is 4. The first-order chi connectivity index (χ1) is 17.9. The summed E-state index contributed by atoms with van der Waals surface area (Å²) < 4.78 is 21.3. The molecule has 0 N–H and O–H groups in total. The maximum atomic E-state index is 13.7. The van der Waals surface area contributed by atoms with E-state index in [-0.39, 0.29) is 55.1 Å². The van der Waals surface area contributed by atoms with Crippen LogP contribution >= 0.6 is 0 Å². The molecule has 0 spiro atoms. The molecule has 2 heterocycles. The number of methoxy groups -OCH3 is 1. The van der Waals surface area contributed by atoms with Crippen molar-refractivity contribution in [2.45, 2.75) is 31.6 Å². The van der Waals surface area contributed by atoms with E-state index in [1.165, 1.54) is 19.2 Å². The Bertz CT molecular complexity index is 1320. The predicted molar refractivity (Wildman–Crippen MR) is 132 cm³/mol. The number of carbonyl (C=O) groups excluding carboxylic acids is 2. The lowest BCUT2D eigenvalue weighted by Gasteiger charge is -2.36. The Morgan fingerprint density at radius 2 is 1.86 bits per heavy atom. The van der Waals surface area contributed by atoms with Crippen molar-refractivity contribution in [1.82, 2.24) is 0 Å². The van der Waals surface area contributed by atoms with E-state index < -0.39 is 22.7 Å². The average molecular weight is 507 g/mol. The van der Waals surface area contributed by atoms with Crippen molar-refractivity contribution in [3.05, 3.63) is 75.0 Å². The van der Waals surface area contributed by atoms with Gasteiger partial charge < -0.3 is 18.9 Å². The van der Waals surface area contributed by atoms with Gasteiger partial charge in [-0.05, 0) is 30.9 Å². The second-order valence-electron chi connectivity index (χ2n) is 9.19.